The third-order valence-electron chi connectivity index (χ3n) is 19.4. The summed E-state index contributed by atoms with van der Waals surface area (Å²) in [6.07, 6.45) is 10.6. The second-order valence-electron chi connectivity index (χ2n) is 24.3. The second-order valence-corrected chi connectivity index (χ2v) is 24.3. The van der Waals surface area contributed by atoms with Gasteiger partial charge in [-0.15, -0.1) is 0 Å². The van der Waals surface area contributed by atoms with Crippen LogP contribution in [0, 0.1) is 29.1 Å². The summed E-state index contributed by atoms with van der Waals surface area (Å²) in [5.41, 5.74) is 18.9. The van der Waals surface area contributed by atoms with E-state index in [1.165, 1.54) is 107 Å². The van der Waals surface area contributed by atoms with E-state index < -0.39 is 0 Å². The molecule has 13 rings (SSSR count). The normalized spacial score (nSPS) is 29.5. The van der Waals surface area contributed by atoms with Gasteiger partial charge in [-0.25, -0.2) is 0 Å². The molecule has 64 heavy (non-hydrogen) atoms. The highest BCUT2D eigenvalue weighted by Crippen LogP contribution is 2.89. The van der Waals surface area contributed by atoms with Gasteiger partial charge in [0.1, 0.15) is 11.5 Å². The number of benzene rings is 6. The highest BCUT2D eigenvalue weighted by atomic mass is 16.5. The zero-order valence-corrected chi connectivity index (χ0v) is 39.4. The summed E-state index contributed by atoms with van der Waals surface area (Å²) < 4.78 is 7.04. The van der Waals surface area contributed by atoms with Gasteiger partial charge in [0, 0.05) is 39.7 Å². The van der Waals surface area contributed by atoms with Crippen LogP contribution in [-0.4, -0.2) is 0 Å². The van der Waals surface area contributed by atoms with Crippen molar-refractivity contribution in [1.82, 2.24) is 0 Å². The number of hydrogen-bond acceptors (Lipinski definition) is 2. The predicted molar refractivity (Wildman–Crippen MR) is 265 cm³/mol. The Balaban J connectivity index is 0.910. The quantitative estimate of drug-likeness (QED) is 0.171. The number of nitrogens with zero attached hydrogens (tertiary/aromatic N) is 1. The maximum atomic E-state index is 7.04. The lowest BCUT2D eigenvalue weighted by atomic mass is 9.26. The molecule has 0 radical (unpaired) electrons. The molecule has 6 aromatic rings. The fourth-order valence-electron chi connectivity index (χ4n) is 15.8. The molecule has 0 N–H and O–H groups in total. The lowest BCUT2D eigenvalue weighted by molar-refractivity contribution is -0.235. The van der Waals surface area contributed by atoms with E-state index in [2.05, 4.69) is 188 Å². The average molecular weight is 840 g/mol. The van der Waals surface area contributed by atoms with Crippen LogP contribution in [-0.2, 0) is 27.1 Å². The van der Waals surface area contributed by atoms with E-state index in [-0.39, 0.29) is 27.1 Å². The molecule has 6 aliphatic carbocycles. The van der Waals surface area contributed by atoms with E-state index >= 15 is 0 Å². The van der Waals surface area contributed by atoms with E-state index in [9.17, 15) is 0 Å². The van der Waals surface area contributed by atoms with Gasteiger partial charge in [0.15, 0.2) is 0 Å². The topological polar surface area (TPSA) is 12.5 Å². The Morgan fingerprint density at radius 2 is 0.891 bits per heavy atom. The number of fused-ring (bicyclic) bond motifs is 9. The van der Waals surface area contributed by atoms with Crippen molar-refractivity contribution in [3.8, 4) is 33.8 Å². The Morgan fingerprint density at radius 3 is 1.45 bits per heavy atom. The summed E-state index contributed by atoms with van der Waals surface area (Å²) in [6.45, 7) is 19.4. The van der Waals surface area contributed by atoms with E-state index in [1.54, 1.807) is 0 Å². The van der Waals surface area contributed by atoms with Crippen LogP contribution in [0.5, 0.6) is 11.5 Å². The predicted octanol–water partition coefficient (Wildman–Crippen LogP) is 16.6. The van der Waals surface area contributed by atoms with Crippen LogP contribution in [0.25, 0.3) is 22.3 Å². The van der Waals surface area contributed by atoms with Crippen molar-refractivity contribution in [3.63, 3.8) is 0 Å². The van der Waals surface area contributed by atoms with E-state index in [0.717, 1.165) is 52.2 Å². The van der Waals surface area contributed by atoms with E-state index in [0.29, 0.717) is 5.41 Å². The summed E-state index contributed by atoms with van der Waals surface area (Å²) in [4.78, 5) is 2.46. The number of para-hydroxylation sites is 1. The smallest absolute Gasteiger partial charge is 0.133 e. The minimum Gasteiger partial charge on any atom is -0.457 e. The summed E-state index contributed by atoms with van der Waals surface area (Å²) >= 11 is 0. The van der Waals surface area contributed by atoms with Crippen LogP contribution < -0.4 is 9.64 Å². The number of rotatable bonds is 5. The summed E-state index contributed by atoms with van der Waals surface area (Å²) in [5, 5.41) is 0. The summed E-state index contributed by atoms with van der Waals surface area (Å²) in [6, 6.07) is 49.6. The molecule has 7 aliphatic rings. The first kappa shape index (κ1) is 39.3. The fraction of sp³-hybridized carbons (Fsp3) is 0.419. The standard InChI is InChI=1S/C62H65NO/c1-57(2)27-29-59(5,6)51-33-41(17-24-47(51)57)39-13-19-44(20-14-39)63(45-21-15-40(16-22-45)42-18-25-48-52(34-42)60(7,8)30-28-58(48,3)4)46-23-26-50-54(36-46)64-53-12-10-9-11-49(53)62(50)55-32-38-31-43-35-56(62)61(43,55)37-38/h9-26,33-34,36,38,43,55-56H,27-32,35,37H2,1-8H3. The molecule has 1 heterocycles. The molecule has 6 atom stereocenters. The molecule has 6 unspecified atom stereocenters. The van der Waals surface area contributed by atoms with Crippen molar-refractivity contribution < 1.29 is 4.74 Å². The Kier molecular flexibility index (Phi) is 7.88. The Hall–Kier alpha value is -5.08. The van der Waals surface area contributed by atoms with E-state index in [1.807, 2.05) is 0 Å². The van der Waals surface area contributed by atoms with Crippen molar-refractivity contribution in [2.45, 2.75) is 134 Å². The first-order chi connectivity index (χ1) is 30.6. The zero-order chi connectivity index (χ0) is 43.8. The van der Waals surface area contributed by atoms with Gasteiger partial charge in [0.2, 0.25) is 0 Å². The van der Waals surface area contributed by atoms with Gasteiger partial charge < -0.3 is 9.64 Å². The molecular weight excluding hydrogens is 775 g/mol. The lowest BCUT2D eigenvalue weighted by Gasteiger charge is -2.77. The summed E-state index contributed by atoms with van der Waals surface area (Å²) in [7, 11) is 0. The molecule has 0 saturated heterocycles. The third kappa shape index (κ3) is 5.15. The highest BCUT2D eigenvalue weighted by Gasteiger charge is 2.84. The maximum Gasteiger partial charge on any atom is 0.133 e. The lowest BCUT2D eigenvalue weighted by Crippen LogP contribution is -2.74. The first-order valence-electron chi connectivity index (χ1n) is 24.8. The average Bonchev–Trinajstić information content (AvgIpc) is 3.82. The molecular formula is C62H65NO. The minimum absolute atomic E-state index is 0.0693. The molecule has 2 nitrogen and oxygen atoms in total. The van der Waals surface area contributed by atoms with Crippen LogP contribution in [0.1, 0.15) is 140 Å². The van der Waals surface area contributed by atoms with Gasteiger partial charge in [-0.2, -0.15) is 0 Å². The monoisotopic (exact) mass is 840 g/mol. The Bertz CT molecular complexity index is 2790. The molecule has 2 heteroatoms. The molecule has 4 saturated carbocycles. The first-order valence-corrected chi connectivity index (χ1v) is 24.8. The van der Waals surface area contributed by atoms with Gasteiger partial charge in [-0.3, -0.25) is 0 Å². The molecule has 2 bridgehead atoms. The maximum absolute atomic E-state index is 7.04. The molecule has 4 fully saturated rings. The van der Waals surface area contributed by atoms with Gasteiger partial charge >= 0.3 is 0 Å². The van der Waals surface area contributed by atoms with Crippen molar-refractivity contribution >= 4 is 17.1 Å². The number of ether oxygens (including phenoxy) is 1. The van der Waals surface area contributed by atoms with Gasteiger partial charge in [0.05, 0.1) is 0 Å². The third-order valence-corrected chi connectivity index (χ3v) is 19.4. The Labute approximate surface area is 382 Å². The molecule has 2 spiro atoms. The minimum atomic E-state index is 0.0693. The van der Waals surface area contributed by atoms with Crippen molar-refractivity contribution in [1.29, 1.82) is 0 Å². The Morgan fingerprint density at radius 1 is 0.422 bits per heavy atom. The molecule has 1 aliphatic heterocycles. The molecule has 0 amide bonds. The summed E-state index contributed by atoms with van der Waals surface area (Å²) in [5.74, 6) is 5.45. The van der Waals surface area contributed by atoms with Crippen LogP contribution in [0.2, 0.25) is 0 Å². The van der Waals surface area contributed by atoms with Gasteiger partial charge in [-0.1, -0.05) is 140 Å². The van der Waals surface area contributed by atoms with Crippen LogP contribution in [0.15, 0.2) is 127 Å². The zero-order valence-electron chi connectivity index (χ0n) is 39.4. The van der Waals surface area contributed by atoms with Gasteiger partial charge in [-0.05, 0) is 183 Å². The number of anilines is 3. The van der Waals surface area contributed by atoms with E-state index in [4.69, 9.17) is 4.74 Å². The van der Waals surface area contributed by atoms with Gasteiger partial charge in [0.25, 0.3) is 0 Å². The SMILES string of the molecule is CC1(C)CCC(C)(C)c2cc(-c3ccc(N(c4ccc(-c5ccc6c(c5)C(C)(C)CCC6(C)C)cc4)c4ccc5c(c4)Oc4ccccc4C54C5CC6CC7CC4C75C6)cc3)ccc21. The molecule has 324 valence electrons. The molecule has 6 aromatic carbocycles. The number of hydrogen-bond donors (Lipinski definition) is 0. The van der Waals surface area contributed by atoms with Crippen molar-refractivity contribution in [2.75, 3.05) is 4.90 Å². The second kappa shape index (κ2) is 12.8. The van der Waals surface area contributed by atoms with Crippen LogP contribution >= 0.6 is 0 Å². The highest BCUT2D eigenvalue weighted by molar-refractivity contribution is 5.82. The molecule has 0 aromatic heterocycles. The van der Waals surface area contributed by atoms with Crippen molar-refractivity contribution in [3.05, 3.63) is 161 Å². The van der Waals surface area contributed by atoms with Crippen LogP contribution in [0.4, 0.5) is 17.1 Å². The van der Waals surface area contributed by atoms with Crippen molar-refractivity contribution in [2.24, 2.45) is 29.1 Å². The largest absolute Gasteiger partial charge is 0.457 e. The fourth-order valence-corrected chi connectivity index (χ4v) is 15.8. The van der Waals surface area contributed by atoms with Crippen LogP contribution in [0.3, 0.4) is 0 Å².